The molecule has 0 saturated carbocycles. The summed E-state index contributed by atoms with van der Waals surface area (Å²) in [5.41, 5.74) is 4.28. The molecule has 0 radical (unpaired) electrons. The lowest BCUT2D eigenvalue weighted by atomic mass is 10.0. The van der Waals surface area contributed by atoms with Gasteiger partial charge in [-0.2, -0.15) is 5.10 Å². The van der Waals surface area contributed by atoms with E-state index in [2.05, 4.69) is 25.0 Å². The Labute approximate surface area is 170 Å². The molecule has 30 heavy (non-hydrogen) atoms. The number of hydrogen-bond acceptors (Lipinski definition) is 5. The maximum absolute atomic E-state index is 14.7. The normalized spacial score (nSPS) is 10.8. The molecule has 0 unspecified atom stereocenters. The number of carbonyl (C=O) groups is 1. The second-order valence-electron chi connectivity index (χ2n) is 6.61. The first kappa shape index (κ1) is 19.2. The Morgan fingerprint density at radius 1 is 1.17 bits per heavy atom. The summed E-state index contributed by atoms with van der Waals surface area (Å²) in [6.07, 6.45) is 9.89. The minimum Gasteiger partial charge on any atom is -0.481 e. The first-order chi connectivity index (χ1) is 14.4. The van der Waals surface area contributed by atoms with E-state index < -0.39 is 5.97 Å². The van der Waals surface area contributed by atoms with E-state index in [4.69, 9.17) is 9.90 Å². The van der Waals surface area contributed by atoms with Crippen LogP contribution in [0.15, 0.2) is 55.4 Å². The van der Waals surface area contributed by atoms with Crippen LogP contribution in [0.25, 0.3) is 44.3 Å². The van der Waals surface area contributed by atoms with E-state index in [1.165, 1.54) is 6.20 Å². The Morgan fingerprint density at radius 3 is 2.63 bits per heavy atom. The lowest BCUT2D eigenvalue weighted by Gasteiger charge is -2.04. The van der Waals surface area contributed by atoms with Crippen molar-refractivity contribution in [3.8, 4) is 22.4 Å². The van der Waals surface area contributed by atoms with Gasteiger partial charge in [0.25, 0.3) is 5.97 Å². The molecule has 9 heteroatoms. The number of aryl methyl sites for hydroxylation is 1. The molecule has 0 aliphatic carbocycles. The molecule has 150 valence electrons. The number of halogens is 1. The van der Waals surface area contributed by atoms with E-state index in [1.54, 1.807) is 42.7 Å². The second-order valence-corrected chi connectivity index (χ2v) is 6.61. The van der Waals surface area contributed by atoms with Crippen molar-refractivity contribution in [1.82, 2.24) is 29.7 Å². The summed E-state index contributed by atoms with van der Waals surface area (Å²) in [4.78, 5) is 25.1. The fourth-order valence-electron chi connectivity index (χ4n) is 3.24. The van der Waals surface area contributed by atoms with Crippen LogP contribution in [-0.4, -0.2) is 40.8 Å². The molecule has 2 N–H and O–H groups in total. The molecule has 0 spiro atoms. The number of aromatic amines is 1. The van der Waals surface area contributed by atoms with E-state index in [0.717, 1.165) is 34.5 Å². The van der Waals surface area contributed by atoms with Gasteiger partial charge in [0.2, 0.25) is 0 Å². The highest BCUT2D eigenvalue weighted by atomic mass is 19.1. The van der Waals surface area contributed by atoms with Crippen LogP contribution in [0.1, 0.15) is 6.92 Å². The Balaban J connectivity index is 0.000000503. The SMILES string of the molecule is CC(=O)O.Cn1cc(-c2c(F)cnc3[nH]c4cnc(-c5cccnc5)cc4c23)cn1. The van der Waals surface area contributed by atoms with Crippen molar-refractivity contribution in [3.05, 3.63) is 61.2 Å². The summed E-state index contributed by atoms with van der Waals surface area (Å²) in [6, 6.07) is 5.74. The highest BCUT2D eigenvalue weighted by Crippen LogP contribution is 2.36. The van der Waals surface area contributed by atoms with Crippen molar-refractivity contribution in [2.24, 2.45) is 7.05 Å². The van der Waals surface area contributed by atoms with Gasteiger partial charge in [0.1, 0.15) is 11.5 Å². The Hall–Kier alpha value is -4.14. The number of carboxylic acids is 1. The quantitative estimate of drug-likeness (QED) is 0.463. The third-order valence-electron chi connectivity index (χ3n) is 4.41. The summed E-state index contributed by atoms with van der Waals surface area (Å²) >= 11 is 0. The van der Waals surface area contributed by atoms with Gasteiger partial charge in [0.15, 0.2) is 0 Å². The first-order valence-electron chi connectivity index (χ1n) is 8.99. The van der Waals surface area contributed by atoms with Gasteiger partial charge in [-0.15, -0.1) is 0 Å². The average molecular weight is 404 g/mol. The van der Waals surface area contributed by atoms with Gasteiger partial charge in [-0.25, -0.2) is 9.37 Å². The maximum atomic E-state index is 14.7. The van der Waals surface area contributed by atoms with Crippen LogP contribution in [-0.2, 0) is 11.8 Å². The standard InChI is InChI=1S/C19H13FN6.C2H4O2/c1-26-10-12(7-24-26)17-14(20)8-23-19-18(17)13-5-15(22-9-16(13)25-19)11-3-2-4-21-6-11;1-2(3)4/h2-10H,1H3,(H,23,25);1H3,(H,3,4). The maximum Gasteiger partial charge on any atom is 0.300 e. The van der Waals surface area contributed by atoms with Crippen LogP contribution < -0.4 is 0 Å². The Kier molecular flexibility index (Phi) is 4.93. The minimum atomic E-state index is -0.833. The molecule has 0 aromatic carbocycles. The third kappa shape index (κ3) is 3.60. The summed E-state index contributed by atoms with van der Waals surface area (Å²) in [5.74, 6) is -1.22. The zero-order valence-electron chi connectivity index (χ0n) is 16.2. The van der Waals surface area contributed by atoms with Gasteiger partial charge in [-0.05, 0) is 18.2 Å². The van der Waals surface area contributed by atoms with Crippen molar-refractivity contribution in [2.75, 3.05) is 0 Å². The predicted molar refractivity (Wildman–Crippen MR) is 110 cm³/mol. The zero-order valence-corrected chi connectivity index (χ0v) is 16.2. The molecular weight excluding hydrogens is 387 g/mol. The minimum absolute atomic E-state index is 0.383. The fraction of sp³-hybridized carbons (Fsp3) is 0.0952. The van der Waals surface area contributed by atoms with Crippen LogP contribution in [0, 0.1) is 5.82 Å². The van der Waals surface area contributed by atoms with E-state index >= 15 is 0 Å². The summed E-state index contributed by atoms with van der Waals surface area (Å²) < 4.78 is 16.4. The molecule has 0 bridgehead atoms. The van der Waals surface area contributed by atoms with E-state index in [1.807, 2.05) is 18.2 Å². The van der Waals surface area contributed by atoms with Crippen LogP contribution >= 0.6 is 0 Å². The molecule has 5 rings (SSSR count). The highest BCUT2D eigenvalue weighted by Gasteiger charge is 2.18. The van der Waals surface area contributed by atoms with Gasteiger partial charge in [0, 0.05) is 60.0 Å². The Morgan fingerprint density at radius 2 is 1.97 bits per heavy atom. The van der Waals surface area contributed by atoms with E-state index in [-0.39, 0.29) is 5.82 Å². The number of aromatic nitrogens is 6. The molecule has 0 aliphatic heterocycles. The topological polar surface area (TPSA) is 110 Å². The smallest absolute Gasteiger partial charge is 0.300 e. The number of aliphatic carboxylic acids is 1. The van der Waals surface area contributed by atoms with Crippen LogP contribution in [0.4, 0.5) is 4.39 Å². The number of rotatable bonds is 2. The Bertz CT molecular complexity index is 1360. The monoisotopic (exact) mass is 404 g/mol. The predicted octanol–water partition coefficient (Wildman–Crippen LogP) is 3.80. The third-order valence-corrected chi connectivity index (χ3v) is 4.41. The molecule has 0 atom stereocenters. The number of hydrogen-bond donors (Lipinski definition) is 2. The molecule has 8 nitrogen and oxygen atoms in total. The van der Waals surface area contributed by atoms with Crippen LogP contribution in [0.3, 0.4) is 0 Å². The highest BCUT2D eigenvalue weighted by molar-refractivity contribution is 6.13. The number of nitrogens with one attached hydrogen (secondary N) is 1. The lowest BCUT2D eigenvalue weighted by Crippen LogP contribution is -1.89. The summed E-state index contributed by atoms with van der Waals surface area (Å²) in [7, 11) is 1.81. The summed E-state index contributed by atoms with van der Waals surface area (Å²) in [6.45, 7) is 1.08. The largest absolute Gasteiger partial charge is 0.481 e. The first-order valence-corrected chi connectivity index (χ1v) is 8.99. The van der Waals surface area contributed by atoms with Gasteiger partial charge >= 0.3 is 0 Å². The fourth-order valence-corrected chi connectivity index (χ4v) is 3.24. The number of carboxylic acid groups (broad SMARTS) is 1. The average Bonchev–Trinajstić information content (AvgIpc) is 3.31. The lowest BCUT2D eigenvalue weighted by molar-refractivity contribution is -0.134. The van der Waals surface area contributed by atoms with Gasteiger partial charge < -0.3 is 10.1 Å². The van der Waals surface area contributed by atoms with Crippen molar-refractivity contribution >= 4 is 27.9 Å². The van der Waals surface area contributed by atoms with Crippen molar-refractivity contribution in [1.29, 1.82) is 0 Å². The second kappa shape index (κ2) is 7.70. The number of H-pyrrole nitrogens is 1. The molecule has 0 saturated heterocycles. The van der Waals surface area contributed by atoms with Crippen molar-refractivity contribution < 1.29 is 14.3 Å². The van der Waals surface area contributed by atoms with Gasteiger partial charge in [-0.3, -0.25) is 19.4 Å². The molecular formula is C21H17FN6O2. The zero-order chi connectivity index (χ0) is 21.3. The van der Waals surface area contributed by atoms with Crippen molar-refractivity contribution in [2.45, 2.75) is 6.92 Å². The van der Waals surface area contributed by atoms with E-state index in [9.17, 15) is 4.39 Å². The molecule has 0 aliphatic rings. The van der Waals surface area contributed by atoms with E-state index in [0.29, 0.717) is 16.8 Å². The summed E-state index contributed by atoms with van der Waals surface area (Å²) in [5, 5.41) is 13.2. The van der Waals surface area contributed by atoms with Gasteiger partial charge in [0.05, 0.1) is 29.8 Å². The van der Waals surface area contributed by atoms with Gasteiger partial charge in [-0.1, -0.05) is 0 Å². The molecule has 0 fully saturated rings. The molecule has 0 amide bonds. The molecule has 5 aromatic rings. The molecule has 5 heterocycles. The number of nitrogens with zero attached hydrogens (tertiary/aromatic N) is 5. The number of fused-ring (bicyclic) bond motifs is 3. The van der Waals surface area contributed by atoms with Crippen molar-refractivity contribution in [3.63, 3.8) is 0 Å². The van der Waals surface area contributed by atoms with Crippen LogP contribution in [0.5, 0.6) is 0 Å². The number of pyridine rings is 3. The van der Waals surface area contributed by atoms with Crippen LogP contribution in [0.2, 0.25) is 0 Å². The molecule has 5 aromatic heterocycles.